The van der Waals surface area contributed by atoms with Crippen LogP contribution < -0.4 is 15.4 Å². The number of hydrogen-bond donors (Lipinski definition) is 2. The number of benzene rings is 1. The fourth-order valence-corrected chi connectivity index (χ4v) is 2.64. The summed E-state index contributed by atoms with van der Waals surface area (Å²) in [5.41, 5.74) is 0. The molecule has 2 aromatic rings. The smallest absolute Gasteiger partial charge is 0.191 e. The van der Waals surface area contributed by atoms with Crippen LogP contribution in [0.4, 0.5) is 4.39 Å². The van der Waals surface area contributed by atoms with Gasteiger partial charge in [-0.15, -0.1) is 10.2 Å². The molecule has 1 heterocycles. The van der Waals surface area contributed by atoms with Gasteiger partial charge in [-0.3, -0.25) is 0 Å². The summed E-state index contributed by atoms with van der Waals surface area (Å²) in [6.45, 7) is 8.87. The van der Waals surface area contributed by atoms with E-state index < -0.39 is 0 Å². The van der Waals surface area contributed by atoms with Crippen molar-refractivity contribution in [2.75, 3.05) is 26.3 Å². The van der Waals surface area contributed by atoms with Gasteiger partial charge in [0.1, 0.15) is 18.5 Å². The molecule has 0 radical (unpaired) electrons. The summed E-state index contributed by atoms with van der Waals surface area (Å²) < 4.78 is 27.0. The Morgan fingerprint density at radius 2 is 2.03 bits per heavy atom. The zero-order valence-electron chi connectivity index (χ0n) is 18.3. The van der Waals surface area contributed by atoms with Crippen LogP contribution in [-0.4, -0.2) is 53.1 Å². The van der Waals surface area contributed by atoms with Gasteiger partial charge in [-0.25, -0.2) is 9.38 Å². The molecule has 0 amide bonds. The van der Waals surface area contributed by atoms with Gasteiger partial charge in [-0.1, -0.05) is 19.1 Å². The maximum Gasteiger partial charge on any atom is 0.191 e. The number of nitrogens with zero attached hydrogens (tertiary/aromatic N) is 4. The SMILES string of the molecule is CCOCCCNC(=NCc1nnc(C)n1C)NCC(CC)Oc1ccccc1F. The molecule has 8 nitrogen and oxygen atoms in total. The molecule has 166 valence electrons. The summed E-state index contributed by atoms with van der Waals surface area (Å²) in [6, 6.07) is 6.43. The highest BCUT2D eigenvalue weighted by atomic mass is 19.1. The largest absolute Gasteiger partial charge is 0.486 e. The first-order valence-corrected chi connectivity index (χ1v) is 10.4. The first-order chi connectivity index (χ1) is 14.5. The second kappa shape index (κ2) is 12.8. The highest BCUT2D eigenvalue weighted by Gasteiger charge is 2.12. The van der Waals surface area contributed by atoms with Crippen molar-refractivity contribution in [1.29, 1.82) is 0 Å². The Morgan fingerprint density at radius 3 is 2.70 bits per heavy atom. The second-order valence-corrected chi connectivity index (χ2v) is 6.82. The average Bonchev–Trinajstić information content (AvgIpc) is 3.07. The number of rotatable bonds is 12. The van der Waals surface area contributed by atoms with E-state index in [0.717, 1.165) is 24.5 Å². The maximum absolute atomic E-state index is 13.9. The van der Waals surface area contributed by atoms with Crippen molar-refractivity contribution in [2.45, 2.75) is 46.3 Å². The molecule has 0 aliphatic heterocycles. The average molecular weight is 421 g/mol. The van der Waals surface area contributed by atoms with Gasteiger partial charge in [0.2, 0.25) is 0 Å². The standard InChI is InChI=1S/C21H33FN6O2/c1-5-17(30-19-11-8-7-10-18(19)22)14-24-21(23-12-9-13-29-6-2)25-15-20-27-26-16(3)28(20)4/h7-8,10-11,17H,5-6,9,12-15H2,1-4H3,(H2,23,24,25). The number of aromatic nitrogens is 3. The lowest BCUT2D eigenvalue weighted by molar-refractivity contribution is 0.145. The molecule has 0 spiro atoms. The maximum atomic E-state index is 13.9. The number of aryl methyl sites for hydroxylation is 1. The predicted molar refractivity (Wildman–Crippen MR) is 115 cm³/mol. The summed E-state index contributed by atoms with van der Waals surface area (Å²) in [5, 5.41) is 14.8. The first kappa shape index (κ1) is 23.6. The summed E-state index contributed by atoms with van der Waals surface area (Å²) in [4.78, 5) is 4.62. The topological polar surface area (TPSA) is 85.6 Å². The highest BCUT2D eigenvalue weighted by molar-refractivity contribution is 5.79. The number of ether oxygens (including phenoxy) is 2. The molecule has 2 N–H and O–H groups in total. The van der Waals surface area contributed by atoms with Gasteiger partial charge in [-0.05, 0) is 38.8 Å². The van der Waals surface area contributed by atoms with Gasteiger partial charge in [0.25, 0.3) is 0 Å². The molecule has 1 atom stereocenters. The van der Waals surface area contributed by atoms with Crippen molar-refractivity contribution in [1.82, 2.24) is 25.4 Å². The number of nitrogens with one attached hydrogen (secondary N) is 2. The van der Waals surface area contributed by atoms with Crippen molar-refractivity contribution in [3.05, 3.63) is 41.7 Å². The van der Waals surface area contributed by atoms with Crippen LogP contribution in [0.25, 0.3) is 0 Å². The third kappa shape index (κ3) is 7.62. The van der Waals surface area contributed by atoms with E-state index in [1.807, 2.05) is 32.4 Å². The van der Waals surface area contributed by atoms with Crippen LogP contribution in [0.1, 0.15) is 38.3 Å². The molecule has 1 aromatic heterocycles. The third-order valence-electron chi connectivity index (χ3n) is 4.61. The molecular formula is C21H33FN6O2. The van der Waals surface area contributed by atoms with E-state index in [2.05, 4.69) is 25.8 Å². The van der Waals surface area contributed by atoms with Gasteiger partial charge in [0.05, 0.1) is 6.54 Å². The minimum Gasteiger partial charge on any atom is -0.486 e. The van der Waals surface area contributed by atoms with Crippen molar-refractivity contribution in [3.8, 4) is 5.75 Å². The Bertz CT molecular complexity index is 796. The lowest BCUT2D eigenvalue weighted by atomic mass is 10.2. The Labute approximate surface area is 177 Å². The van der Waals surface area contributed by atoms with Gasteiger partial charge >= 0.3 is 0 Å². The predicted octanol–water partition coefficient (Wildman–Crippen LogP) is 2.58. The fraction of sp³-hybridized carbons (Fsp3) is 0.571. The molecule has 30 heavy (non-hydrogen) atoms. The van der Waals surface area contributed by atoms with Crippen LogP contribution in [0.15, 0.2) is 29.3 Å². The van der Waals surface area contributed by atoms with Gasteiger partial charge < -0.3 is 24.7 Å². The van der Waals surface area contributed by atoms with Crippen LogP contribution in [0.3, 0.4) is 0 Å². The Morgan fingerprint density at radius 1 is 1.23 bits per heavy atom. The summed E-state index contributed by atoms with van der Waals surface area (Å²) in [7, 11) is 1.91. The van der Waals surface area contributed by atoms with Crippen LogP contribution >= 0.6 is 0 Å². The summed E-state index contributed by atoms with van der Waals surface area (Å²) in [5.74, 6) is 2.14. The van der Waals surface area contributed by atoms with Gasteiger partial charge in [0.15, 0.2) is 23.4 Å². The second-order valence-electron chi connectivity index (χ2n) is 6.82. The van der Waals surface area contributed by atoms with Crippen LogP contribution in [0.5, 0.6) is 5.75 Å². The van der Waals surface area contributed by atoms with Crippen molar-refractivity contribution in [2.24, 2.45) is 12.0 Å². The van der Waals surface area contributed by atoms with Crippen molar-refractivity contribution >= 4 is 5.96 Å². The number of guanidine groups is 1. The molecule has 0 saturated heterocycles. The zero-order chi connectivity index (χ0) is 21.8. The molecule has 0 aliphatic carbocycles. The molecule has 0 fully saturated rings. The quantitative estimate of drug-likeness (QED) is 0.312. The number of para-hydroxylation sites is 1. The molecule has 1 unspecified atom stereocenters. The van der Waals surface area contributed by atoms with E-state index in [-0.39, 0.29) is 17.7 Å². The number of halogens is 1. The van der Waals surface area contributed by atoms with E-state index in [1.54, 1.807) is 18.2 Å². The Balaban J connectivity index is 1.96. The van der Waals surface area contributed by atoms with E-state index >= 15 is 0 Å². The molecular weight excluding hydrogens is 387 g/mol. The Kier molecular flexibility index (Phi) is 10.1. The summed E-state index contributed by atoms with van der Waals surface area (Å²) >= 11 is 0. The molecule has 2 rings (SSSR count). The number of hydrogen-bond acceptors (Lipinski definition) is 5. The van der Waals surface area contributed by atoms with E-state index in [4.69, 9.17) is 9.47 Å². The van der Waals surface area contributed by atoms with E-state index in [0.29, 0.717) is 38.8 Å². The van der Waals surface area contributed by atoms with Gasteiger partial charge in [-0.2, -0.15) is 0 Å². The van der Waals surface area contributed by atoms with Crippen molar-refractivity contribution < 1.29 is 13.9 Å². The van der Waals surface area contributed by atoms with Gasteiger partial charge in [0, 0.05) is 26.8 Å². The van der Waals surface area contributed by atoms with Crippen molar-refractivity contribution in [3.63, 3.8) is 0 Å². The molecule has 0 bridgehead atoms. The van der Waals surface area contributed by atoms with Crippen LogP contribution in [0.2, 0.25) is 0 Å². The molecule has 1 aromatic carbocycles. The minimum absolute atomic E-state index is 0.200. The first-order valence-electron chi connectivity index (χ1n) is 10.4. The minimum atomic E-state index is -0.364. The monoisotopic (exact) mass is 420 g/mol. The molecule has 0 aliphatic rings. The number of aliphatic imine (C=N–C) groups is 1. The van der Waals surface area contributed by atoms with Crippen LogP contribution in [0, 0.1) is 12.7 Å². The molecule has 0 saturated carbocycles. The van der Waals surface area contributed by atoms with Crippen LogP contribution in [-0.2, 0) is 18.3 Å². The van der Waals surface area contributed by atoms with E-state index in [1.165, 1.54) is 6.07 Å². The van der Waals surface area contributed by atoms with E-state index in [9.17, 15) is 4.39 Å². The summed E-state index contributed by atoms with van der Waals surface area (Å²) in [6.07, 6.45) is 1.39. The highest BCUT2D eigenvalue weighted by Crippen LogP contribution is 2.17. The lowest BCUT2D eigenvalue weighted by Crippen LogP contribution is -2.43. The Hall–Kier alpha value is -2.68. The zero-order valence-corrected chi connectivity index (χ0v) is 18.3. The lowest BCUT2D eigenvalue weighted by Gasteiger charge is -2.20. The molecule has 9 heteroatoms. The fourth-order valence-electron chi connectivity index (χ4n) is 2.64. The third-order valence-corrected chi connectivity index (χ3v) is 4.61. The normalized spacial score (nSPS) is 12.6.